The Morgan fingerprint density at radius 1 is 0.893 bits per heavy atom. The third kappa shape index (κ3) is 5.05. The van der Waals surface area contributed by atoms with Crippen LogP contribution in [-0.4, -0.2) is 22.2 Å². The first-order chi connectivity index (χ1) is 13.5. The van der Waals surface area contributed by atoms with Crippen LogP contribution in [0.3, 0.4) is 0 Å². The Hall–Kier alpha value is -2.98. The highest BCUT2D eigenvalue weighted by atomic mass is 16.5. The zero-order valence-electron chi connectivity index (χ0n) is 16.2. The highest BCUT2D eigenvalue weighted by Crippen LogP contribution is 2.30. The normalized spacial score (nSPS) is 13.2. The molecule has 4 heteroatoms. The van der Waals surface area contributed by atoms with Crippen molar-refractivity contribution in [3.63, 3.8) is 0 Å². The minimum Gasteiger partial charge on any atom is -0.479 e. The van der Waals surface area contributed by atoms with Crippen LogP contribution in [0.2, 0.25) is 0 Å². The van der Waals surface area contributed by atoms with E-state index in [9.17, 15) is 9.90 Å². The summed E-state index contributed by atoms with van der Waals surface area (Å²) in [6.45, 7) is 4.00. The molecule has 1 aromatic heterocycles. The molecule has 0 saturated heterocycles. The van der Waals surface area contributed by atoms with Gasteiger partial charge in [-0.1, -0.05) is 68.4 Å². The Labute approximate surface area is 165 Å². The largest absolute Gasteiger partial charge is 0.479 e. The average molecular weight is 375 g/mol. The molecule has 0 spiro atoms. The van der Waals surface area contributed by atoms with Crippen LogP contribution in [0.5, 0.6) is 0 Å². The predicted octanol–water partition coefficient (Wildman–Crippen LogP) is 5.35. The molecule has 0 saturated carbocycles. The number of pyridine rings is 1. The second-order valence-corrected chi connectivity index (χ2v) is 7.24. The van der Waals surface area contributed by atoms with Crippen molar-refractivity contribution < 1.29 is 14.6 Å². The lowest BCUT2D eigenvalue weighted by Crippen LogP contribution is -2.28. The van der Waals surface area contributed by atoms with E-state index in [0.717, 1.165) is 22.3 Å². The fourth-order valence-corrected chi connectivity index (χ4v) is 3.18. The number of nitrogens with zero attached hydrogens (tertiary/aromatic N) is 1. The number of hydrogen-bond acceptors (Lipinski definition) is 3. The van der Waals surface area contributed by atoms with Gasteiger partial charge in [-0.05, 0) is 46.7 Å². The number of carboxylic acid groups (broad SMARTS) is 1. The van der Waals surface area contributed by atoms with Gasteiger partial charge in [-0.2, -0.15) is 0 Å². The molecule has 0 fully saturated rings. The number of carboxylic acids is 1. The number of hydrogen-bond donors (Lipinski definition) is 1. The molecule has 0 aliphatic heterocycles. The quantitative estimate of drug-likeness (QED) is 0.576. The first-order valence-electron chi connectivity index (χ1n) is 9.48. The molecule has 2 atom stereocenters. The number of rotatable bonds is 8. The molecule has 2 aromatic carbocycles. The van der Waals surface area contributed by atoms with Gasteiger partial charge in [0.15, 0.2) is 6.10 Å². The van der Waals surface area contributed by atoms with E-state index in [1.54, 1.807) is 12.4 Å². The summed E-state index contributed by atoms with van der Waals surface area (Å²) in [7, 11) is 0. The number of aromatic nitrogens is 1. The second kappa shape index (κ2) is 9.29. The lowest BCUT2D eigenvalue weighted by Gasteiger charge is -2.24. The van der Waals surface area contributed by atoms with Crippen LogP contribution in [0.1, 0.15) is 37.5 Å². The summed E-state index contributed by atoms with van der Waals surface area (Å²) in [6, 6.07) is 21.7. The molecule has 0 amide bonds. The summed E-state index contributed by atoms with van der Waals surface area (Å²) < 4.78 is 6.13. The Morgan fingerprint density at radius 3 is 2.04 bits per heavy atom. The molecule has 3 rings (SSSR count). The fourth-order valence-electron chi connectivity index (χ4n) is 3.18. The Bertz CT molecular complexity index is 877. The molecule has 0 radical (unpaired) electrons. The van der Waals surface area contributed by atoms with Crippen LogP contribution in [0.4, 0.5) is 0 Å². The summed E-state index contributed by atoms with van der Waals surface area (Å²) in [6.07, 6.45) is 2.70. The van der Waals surface area contributed by atoms with Gasteiger partial charge in [-0.3, -0.25) is 4.98 Å². The van der Waals surface area contributed by atoms with Crippen molar-refractivity contribution in [3.8, 4) is 11.1 Å². The molecule has 1 unspecified atom stereocenters. The summed E-state index contributed by atoms with van der Waals surface area (Å²) in [5.41, 5.74) is 4.03. The van der Waals surface area contributed by atoms with Crippen LogP contribution in [0.25, 0.3) is 11.1 Å². The molecule has 144 valence electrons. The van der Waals surface area contributed by atoms with E-state index in [2.05, 4.69) is 4.98 Å². The zero-order chi connectivity index (χ0) is 19.9. The summed E-state index contributed by atoms with van der Waals surface area (Å²) in [4.78, 5) is 15.8. The topological polar surface area (TPSA) is 59.4 Å². The van der Waals surface area contributed by atoms with Crippen molar-refractivity contribution in [1.29, 1.82) is 0 Å². The lowest BCUT2D eigenvalue weighted by molar-refractivity contribution is -0.154. The van der Waals surface area contributed by atoms with Gasteiger partial charge in [0.2, 0.25) is 0 Å². The maximum absolute atomic E-state index is 11.7. The highest BCUT2D eigenvalue weighted by molar-refractivity contribution is 5.72. The van der Waals surface area contributed by atoms with Gasteiger partial charge in [0.25, 0.3) is 0 Å². The van der Waals surface area contributed by atoms with Crippen molar-refractivity contribution in [2.24, 2.45) is 5.92 Å². The standard InChI is InChI=1S/C24H25NO3/c1-17(2)16-22(24(26)27)28-23(20-6-4-3-5-7-20)21-10-8-18(9-11-21)19-12-14-25-15-13-19/h3-15,17,22-23H,16H2,1-2H3,(H,26,27)/t22-,23?/m0/s1. The molecule has 0 bridgehead atoms. The van der Waals surface area contributed by atoms with Crippen LogP contribution < -0.4 is 0 Å². The minimum absolute atomic E-state index is 0.228. The monoisotopic (exact) mass is 375 g/mol. The number of carbonyl (C=O) groups is 1. The molecule has 3 aromatic rings. The minimum atomic E-state index is -0.928. The van der Waals surface area contributed by atoms with E-state index in [1.807, 2.05) is 80.6 Å². The van der Waals surface area contributed by atoms with Crippen molar-refractivity contribution in [2.45, 2.75) is 32.5 Å². The molecular weight excluding hydrogens is 350 g/mol. The SMILES string of the molecule is CC(C)C[C@H](OC(c1ccccc1)c1ccc(-c2ccncc2)cc1)C(=O)O. The third-order valence-electron chi connectivity index (χ3n) is 4.59. The fraction of sp³-hybridized carbons (Fsp3) is 0.250. The van der Waals surface area contributed by atoms with Gasteiger partial charge in [-0.25, -0.2) is 4.79 Å². The first kappa shape index (κ1) is 19.8. The third-order valence-corrected chi connectivity index (χ3v) is 4.59. The van der Waals surface area contributed by atoms with Gasteiger partial charge in [0, 0.05) is 12.4 Å². The smallest absolute Gasteiger partial charge is 0.332 e. The van der Waals surface area contributed by atoms with E-state index in [-0.39, 0.29) is 5.92 Å². The average Bonchev–Trinajstić information content (AvgIpc) is 2.72. The molecule has 28 heavy (non-hydrogen) atoms. The van der Waals surface area contributed by atoms with E-state index >= 15 is 0 Å². The number of aliphatic carboxylic acids is 1. The van der Waals surface area contributed by atoms with Crippen LogP contribution in [0.15, 0.2) is 79.1 Å². The highest BCUT2D eigenvalue weighted by Gasteiger charge is 2.26. The van der Waals surface area contributed by atoms with Crippen molar-refractivity contribution >= 4 is 5.97 Å². The second-order valence-electron chi connectivity index (χ2n) is 7.24. The molecule has 0 aliphatic rings. The Balaban J connectivity index is 1.92. The maximum Gasteiger partial charge on any atom is 0.332 e. The zero-order valence-corrected chi connectivity index (χ0v) is 16.2. The van der Waals surface area contributed by atoms with Crippen LogP contribution in [0, 0.1) is 5.92 Å². The summed E-state index contributed by atoms with van der Waals surface area (Å²) in [5.74, 6) is -0.699. The Kier molecular flexibility index (Phi) is 6.56. The van der Waals surface area contributed by atoms with Crippen LogP contribution >= 0.6 is 0 Å². The van der Waals surface area contributed by atoms with Gasteiger partial charge in [-0.15, -0.1) is 0 Å². The van der Waals surface area contributed by atoms with Gasteiger partial charge in [0.1, 0.15) is 6.10 Å². The first-order valence-corrected chi connectivity index (χ1v) is 9.48. The molecule has 4 nitrogen and oxygen atoms in total. The van der Waals surface area contributed by atoms with E-state index in [1.165, 1.54) is 0 Å². The van der Waals surface area contributed by atoms with Crippen LogP contribution in [-0.2, 0) is 9.53 Å². The van der Waals surface area contributed by atoms with E-state index in [0.29, 0.717) is 6.42 Å². The van der Waals surface area contributed by atoms with Crippen molar-refractivity contribution in [1.82, 2.24) is 4.98 Å². The Morgan fingerprint density at radius 2 is 1.46 bits per heavy atom. The molecule has 1 heterocycles. The number of benzene rings is 2. The lowest BCUT2D eigenvalue weighted by atomic mass is 9.97. The van der Waals surface area contributed by atoms with Crippen molar-refractivity contribution in [2.75, 3.05) is 0 Å². The molecular formula is C24H25NO3. The van der Waals surface area contributed by atoms with E-state index < -0.39 is 18.2 Å². The molecule has 0 aliphatic carbocycles. The van der Waals surface area contributed by atoms with Gasteiger partial charge < -0.3 is 9.84 Å². The van der Waals surface area contributed by atoms with Gasteiger partial charge >= 0.3 is 5.97 Å². The van der Waals surface area contributed by atoms with E-state index in [4.69, 9.17) is 4.74 Å². The summed E-state index contributed by atoms with van der Waals surface area (Å²) >= 11 is 0. The van der Waals surface area contributed by atoms with Gasteiger partial charge in [0.05, 0.1) is 0 Å². The maximum atomic E-state index is 11.7. The summed E-state index contributed by atoms with van der Waals surface area (Å²) in [5, 5.41) is 9.63. The predicted molar refractivity (Wildman–Crippen MR) is 110 cm³/mol. The van der Waals surface area contributed by atoms with Crippen molar-refractivity contribution in [3.05, 3.63) is 90.3 Å². The molecule has 1 N–H and O–H groups in total. The number of ether oxygens (including phenoxy) is 1.